The van der Waals surface area contributed by atoms with Gasteiger partial charge in [0.15, 0.2) is 0 Å². The molecule has 0 aromatic carbocycles. The average Bonchev–Trinajstić information content (AvgIpc) is 1.87. The zero-order valence-corrected chi connectivity index (χ0v) is 7.86. The Balaban J connectivity index is 3.57. The molecular formula is C6H12O2S2. The Labute approximate surface area is 72.1 Å². The van der Waals surface area contributed by atoms with Crippen molar-refractivity contribution in [1.82, 2.24) is 0 Å². The van der Waals surface area contributed by atoms with E-state index < -0.39 is 0 Å². The lowest BCUT2D eigenvalue weighted by molar-refractivity contribution is -0.140. The molecule has 0 amide bonds. The maximum atomic E-state index is 10.6. The van der Waals surface area contributed by atoms with Crippen LogP contribution in [-0.2, 0) is 9.53 Å². The van der Waals surface area contributed by atoms with E-state index >= 15 is 0 Å². The first-order valence-electron chi connectivity index (χ1n) is 3.01. The molecule has 0 bridgehead atoms. The van der Waals surface area contributed by atoms with Gasteiger partial charge in [0.05, 0.1) is 13.5 Å². The first kappa shape index (κ1) is 10.2. The summed E-state index contributed by atoms with van der Waals surface area (Å²) in [6.45, 7) is 1.89. The fraction of sp³-hybridized carbons (Fsp3) is 0.833. The summed E-state index contributed by atoms with van der Waals surface area (Å²) in [4.78, 5) is 10.6. The third-order valence-corrected chi connectivity index (χ3v) is 2.39. The van der Waals surface area contributed by atoms with Crippen LogP contribution in [0.3, 0.4) is 0 Å². The molecule has 0 aliphatic carbocycles. The van der Waals surface area contributed by atoms with Crippen molar-refractivity contribution in [3.63, 3.8) is 0 Å². The molecule has 2 atom stereocenters. The zero-order valence-electron chi connectivity index (χ0n) is 6.07. The van der Waals surface area contributed by atoms with Crippen molar-refractivity contribution >= 4 is 31.2 Å². The first-order valence-corrected chi connectivity index (χ1v) is 4.04. The number of thiol groups is 2. The Morgan fingerprint density at radius 2 is 2.10 bits per heavy atom. The largest absolute Gasteiger partial charge is 0.469 e. The van der Waals surface area contributed by atoms with Crippen LogP contribution in [0.1, 0.15) is 13.3 Å². The highest BCUT2D eigenvalue weighted by Gasteiger charge is 2.13. The van der Waals surface area contributed by atoms with Gasteiger partial charge in [-0.05, 0) is 0 Å². The normalized spacial score (nSPS) is 16.0. The molecule has 60 valence electrons. The third kappa shape index (κ3) is 4.06. The van der Waals surface area contributed by atoms with Crippen molar-refractivity contribution in [2.75, 3.05) is 7.11 Å². The van der Waals surface area contributed by atoms with E-state index in [4.69, 9.17) is 0 Å². The molecule has 2 nitrogen and oxygen atoms in total. The van der Waals surface area contributed by atoms with E-state index in [2.05, 4.69) is 30.0 Å². The molecule has 2 unspecified atom stereocenters. The first-order chi connectivity index (χ1) is 4.57. The fourth-order valence-corrected chi connectivity index (χ4v) is 0.679. The van der Waals surface area contributed by atoms with Gasteiger partial charge in [-0.2, -0.15) is 25.3 Å². The van der Waals surface area contributed by atoms with Gasteiger partial charge in [-0.3, -0.25) is 4.79 Å². The topological polar surface area (TPSA) is 26.3 Å². The van der Waals surface area contributed by atoms with Gasteiger partial charge < -0.3 is 4.74 Å². The van der Waals surface area contributed by atoms with Gasteiger partial charge >= 0.3 is 5.97 Å². The smallest absolute Gasteiger partial charge is 0.306 e. The Hall–Kier alpha value is 0.170. The maximum Gasteiger partial charge on any atom is 0.306 e. The lowest BCUT2D eigenvalue weighted by atomic mass is 10.2. The van der Waals surface area contributed by atoms with Gasteiger partial charge in [-0.25, -0.2) is 0 Å². The van der Waals surface area contributed by atoms with E-state index in [0.29, 0.717) is 6.42 Å². The molecule has 10 heavy (non-hydrogen) atoms. The number of carbonyl (C=O) groups excluding carboxylic acids is 1. The summed E-state index contributed by atoms with van der Waals surface area (Å²) in [5.41, 5.74) is 0. The summed E-state index contributed by atoms with van der Waals surface area (Å²) >= 11 is 8.26. The number of ether oxygens (including phenoxy) is 1. The number of hydrogen-bond acceptors (Lipinski definition) is 4. The van der Waals surface area contributed by atoms with E-state index in [1.807, 2.05) is 6.92 Å². The number of esters is 1. The van der Waals surface area contributed by atoms with Crippen LogP contribution in [0.2, 0.25) is 0 Å². The monoisotopic (exact) mass is 180 g/mol. The van der Waals surface area contributed by atoms with Gasteiger partial charge in [0.1, 0.15) is 0 Å². The summed E-state index contributed by atoms with van der Waals surface area (Å²) in [5, 5.41) is 0.0956. The Bertz CT molecular complexity index is 114. The van der Waals surface area contributed by atoms with Crippen LogP contribution in [0, 0.1) is 0 Å². The van der Waals surface area contributed by atoms with Gasteiger partial charge in [-0.15, -0.1) is 0 Å². The van der Waals surface area contributed by atoms with Gasteiger partial charge in [0, 0.05) is 10.5 Å². The number of carbonyl (C=O) groups is 1. The highest BCUT2D eigenvalue weighted by Crippen LogP contribution is 2.12. The van der Waals surface area contributed by atoms with Crippen molar-refractivity contribution in [2.24, 2.45) is 0 Å². The summed E-state index contributed by atoms with van der Waals surface area (Å²) in [5.74, 6) is -0.235. The second-order valence-electron chi connectivity index (χ2n) is 2.09. The molecule has 0 aromatic rings. The molecule has 0 rings (SSSR count). The minimum Gasteiger partial charge on any atom is -0.469 e. The van der Waals surface area contributed by atoms with E-state index in [-0.39, 0.29) is 16.5 Å². The van der Waals surface area contributed by atoms with E-state index in [0.717, 1.165) is 0 Å². The van der Waals surface area contributed by atoms with Crippen molar-refractivity contribution in [2.45, 2.75) is 23.8 Å². The maximum absolute atomic E-state index is 10.6. The highest BCUT2D eigenvalue weighted by molar-refractivity contribution is 7.85. The van der Waals surface area contributed by atoms with Crippen molar-refractivity contribution in [1.29, 1.82) is 0 Å². The van der Waals surface area contributed by atoms with Gasteiger partial charge in [0.2, 0.25) is 0 Å². The number of hydrogen-bond donors (Lipinski definition) is 2. The van der Waals surface area contributed by atoms with Crippen LogP contribution in [0.4, 0.5) is 0 Å². The van der Waals surface area contributed by atoms with Crippen molar-refractivity contribution in [3.05, 3.63) is 0 Å². The third-order valence-electron chi connectivity index (χ3n) is 1.16. The SMILES string of the molecule is COC(=O)CC(S)C(C)S. The molecule has 0 N–H and O–H groups in total. The van der Waals surface area contributed by atoms with Crippen LogP contribution < -0.4 is 0 Å². The molecule has 0 aliphatic heterocycles. The Morgan fingerprint density at radius 3 is 2.40 bits per heavy atom. The quantitative estimate of drug-likeness (QED) is 0.503. The summed E-state index contributed by atoms with van der Waals surface area (Å²) in [6.07, 6.45) is 0.324. The molecule has 0 aliphatic rings. The highest BCUT2D eigenvalue weighted by atomic mass is 32.1. The van der Waals surface area contributed by atoms with Gasteiger partial charge in [-0.1, -0.05) is 6.92 Å². The molecule has 0 radical (unpaired) electrons. The fourth-order valence-electron chi connectivity index (χ4n) is 0.425. The van der Waals surface area contributed by atoms with Crippen molar-refractivity contribution < 1.29 is 9.53 Å². The van der Waals surface area contributed by atoms with E-state index in [1.54, 1.807) is 0 Å². The summed E-state index contributed by atoms with van der Waals surface area (Å²) in [7, 11) is 1.37. The molecular weight excluding hydrogens is 168 g/mol. The minimum atomic E-state index is -0.235. The lowest BCUT2D eigenvalue weighted by Crippen LogP contribution is -2.17. The molecule has 0 spiro atoms. The van der Waals surface area contributed by atoms with E-state index in [9.17, 15) is 4.79 Å². The van der Waals surface area contributed by atoms with Crippen LogP contribution in [-0.4, -0.2) is 23.6 Å². The summed E-state index contributed by atoms with van der Waals surface area (Å²) in [6, 6.07) is 0. The second kappa shape index (κ2) is 4.91. The molecule has 0 saturated heterocycles. The summed E-state index contributed by atoms with van der Waals surface area (Å²) < 4.78 is 4.45. The Morgan fingerprint density at radius 1 is 1.60 bits per heavy atom. The molecule has 0 aromatic heterocycles. The van der Waals surface area contributed by atoms with Crippen LogP contribution >= 0.6 is 25.3 Å². The van der Waals surface area contributed by atoms with Crippen LogP contribution in [0.5, 0.6) is 0 Å². The number of rotatable bonds is 3. The minimum absolute atomic E-state index is 0.0178. The van der Waals surface area contributed by atoms with Crippen LogP contribution in [0.25, 0.3) is 0 Å². The van der Waals surface area contributed by atoms with E-state index in [1.165, 1.54) is 7.11 Å². The van der Waals surface area contributed by atoms with Crippen LogP contribution in [0.15, 0.2) is 0 Å². The Kier molecular flexibility index (Phi) is 4.99. The zero-order chi connectivity index (χ0) is 8.15. The molecule has 0 heterocycles. The standard InChI is InChI=1S/C6H12O2S2/c1-4(9)5(10)3-6(7)8-2/h4-5,9-10H,3H2,1-2H3. The second-order valence-corrected chi connectivity index (χ2v) is 3.57. The predicted octanol–water partition coefficient (Wildman–Crippen LogP) is 1.17. The molecule has 4 heteroatoms. The average molecular weight is 180 g/mol. The predicted molar refractivity (Wildman–Crippen MR) is 47.9 cm³/mol. The van der Waals surface area contributed by atoms with Crippen molar-refractivity contribution in [3.8, 4) is 0 Å². The lowest BCUT2D eigenvalue weighted by Gasteiger charge is -2.11. The van der Waals surface area contributed by atoms with Gasteiger partial charge in [0.25, 0.3) is 0 Å². The number of methoxy groups -OCH3 is 1. The molecule has 0 fully saturated rings. The molecule has 0 saturated carbocycles.